The SMILES string of the molecule is CCC1(CNC(=O)OC(C)(C)C)NC(=O)NC1=O. The molecule has 102 valence electrons. The van der Waals surface area contributed by atoms with Crippen molar-refractivity contribution in [3.05, 3.63) is 0 Å². The molecule has 1 fully saturated rings. The Kier molecular flexibility index (Phi) is 3.83. The minimum Gasteiger partial charge on any atom is -0.444 e. The summed E-state index contributed by atoms with van der Waals surface area (Å²) in [6, 6.07) is -0.548. The zero-order valence-electron chi connectivity index (χ0n) is 11.0. The fraction of sp³-hybridized carbons (Fsp3) is 0.727. The highest BCUT2D eigenvalue weighted by Gasteiger charge is 2.45. The molecule has 0 bridgehead atoms. The predicted molar refractivity (Wildman–Crippen MR) is 63.9 cm³/mol. The van der Waals surface area contributed by atoms with Crippen LogP contribution in [0.1, 0.15) is 34.1 Å². The van der Waals surface area contributed by atoms with Crippen LogP contribution in [-0.4, -0.2) is 35.7 Å². The van der Waals surface area contributed by atoms with E-state index in [-0.39, 0.29) is 6.54 Å². The Bertz CT molecular complexity index is 375. The molecule has 1 atom stereocenters. The van der Waals surface area contributed by atoms with Crippen LogP contribution in [0.25, 0.3) is 0 Å². The van der Waals surface area contributed by atoms with Gasteiger partial charge in [0.05, 0.1) is 6.54 Å². The van der Waals surface area contributed by atoms with Crippen LogP contribution in [0.5, 0.6) is 0 Å². The average molecular weight is 257 g/mol. The summed E-state index contributed by atoms with van der Waals surface area (Å²) in [6.45, 7) is 6.97. The van der Waals surface area contributed by atoms with Gasteiger partial charge >= 0.3 is 12.1 Å². The van der Waals surface area contributed by atoms with Gasteiger partial charge in [0.2, 0.25) is 0 Å². The van der Waals surface area contributed by atoms with Gasteiger partial charge in [0.25, 0.3) is 5.91 Å². The van der Waals surface area contributed by atoms with Gasteiger partial charge in [-0.15, -0.1) is 0 Å². The van der Waals surface area contributed by atoms with Crippen molar-refractivity contribution in [1.29, 1.82) is 0 Å². The Labute approximate surface area is 106 Å². The number of carbonyl (C=O) groups is 3. The second-order valence-electron chi connectivity index (χ2n) is 5.20. The monoisotopic (exact) mass is 257 g/mol. The van der Waals surface area contributed by atoms with Crippen LogP contribution in [0.2, 0.25) is 0 Å². The topological polar surface area (TPSA) is 96.5 Å². The summed E-state index contributed by atoms with van der Waals surface area (Å²) in [5.74, 6) is -0.439. The number of imide groups is 1. The van der Waals surface area contributed by atoms with Crippen molar-refractivity contribution >= 4 is 18.0 Å². The summed E-state index contributed by atoms with van der Waals surface area (Å²) in [7, 11) is 0. The maximum atomic E-state index is 11.6. The van der Waals surface area contributed by atoms with Gasteiger partial charge in [0, 0.05) is 0 Å². The first-order valence-corrected chi connectivity index (χ1v) is 5.79. The first-order valence-electron chi connectivity index (χ1n) is 5.79. The number of carbonyl (C=O) groups excluding carboxylic acids is 3. The van der Waals surface area contributed by atoms with Crippen LogP contribution in [-0.2, 0) is 9.53 Å². The number of hydrogen-bond acceptors (Lipinski definition) is 4. The van der Waals surface area contributed by atoms with Crippen molar-refractivity contribution < 1.29 is 19.1 Å². The van der Waals surface area contributed by atoms with Crippen LogP contribution in [0.3, 0.4) is 0 Å². The Morgan fingerprint density at radius 3 is 2.39 bits per heavy atom. The van der Waals surface area contributed by atoms with Crippen molar-refractivity contribution in [3.63, 3.8) is 0 Å². The van der Waals surface area contributed by atoms with Crippen LogP contribution < -0.4 is 16.0 Å². The predicted octanol–water partition coefficient (Wildman–Crippen LogP) is 0.499. The van der Waals surface area contributed by atoms with Gasteiger partial charge in [-0.05, 0) is 27.2 Å². The molecule has 7 heteroatoms. The van der Waals surface area contributed by atoms with E-state index in [4.69, 9.17) is 4.74 Å². The number of urea groups is 1. The second kappa shape index (κ2) is 4.83. The highest BCUT2D eigenvalue weighted by molar-refractivity contribution is 6.07. The number of rotatable bonds is 3. The molecule has 4 amide bonds. The fourth-order valence-electron chi connectivity index (χ4n) is 1.56. The molecular weight excluding hydrogens is 238 g/mol. The maximum Gasteiger partial charge on any atom is 0.407 e. The van der Waals surface area contributed by atoms with Crippen LogP contribution in [0, 0.1) is 0 Å². The lowest BCUT2D eigenvalue weighted by Gasteiger charge is -2.26. The Morgan fingerprint density at radius 1 is 1.39 bits per heavy atom. The van der Waals surface area contributed by atoms with Crippen molar-refractivity contribution in [2.24, 2.45) is 0 Å². The minimum absolute atomic E-state index is 0.00398. The Morgan fingerprint density at radius 2 is 2.00 bits per heavy atom. The van der Waals surface area contributed by atoms with Crippen LogP contribution in [0.15, 0.2) is 0 Å². The largest absolute Gasteiger partial charge is 0.444 e. The van der Waals surface area contributed by atoms with Gasteiger partial charge in [-0.2, -0.15) is 0 Å². The first-order chi connectivity index (χ1) is 8.18. The van der Waals surface area contributed by atoms with Gasteiger partial charge in [-0.1, -0.05) is 6.92 Å². The minimum atomic E-state index is -1.09. The molecule has 3 N–H and O–H groups in total. The van der Waals surface area contributed by atoms with E-state index in [1.165, 1.54) is 0 Å². The molecule has 0 aromatic heterocycles. The standard InChI is InChI=1S/C11H19N3O4/c1-5-11(7(15)13-8(16)14-11)6-12-9(17)18-10(2,3)4/h5-6H2,1-4H3,(H,12,17)(H2,13,14,15,16). The first kappa shape index (κ1) is 14.3. The van der Waals surface area contributed by atoms with E-state index >= 15 is 0 Å². The molecule has 0 aromatic rings. The van der Waals surface area contributed by atoms with E-state index in [0.29, 0.717) is 6.42 Å². The lowest BCUT2D eigenvalue weighted by atomic mass is 9.96. The summed E-state index contributed by atoms with van der Waals surface area (Å²) in [5, 5.41) is 7.15. The molecule has 7 nitrogen and oxygen atoms in total. The van der Waals surface area contributed by atoms with Gasteiger partial charge in [-0.3, -0.25) is 10.1 Å². The summed E-state index contributed by atoms with van der Waals surface area (Å²) in [5.41, 5.74) is -1.70. The smallest absolute Gasteiger partial charge is 0.407 e. The highest BCUT2D eigenvalue weighted by Crippen LogP contribution is 2.14. The summed E-state index contributed by atoms with van der Waals surface area (Å²) in [4.78, 5) is 34.2. The number of alkyl carbamates (subject to hydrolysis) is 1. The average Bonchev–Trinajstić information content (AvgIpc) is 2.49. The lowest BCUT2D eigenvalue weighted by molar-refractivity contribution is -0.123. The molecular formula is C11H19N3O4. The zero-order chi connectivity index (χ0) is 14.0. The third-order valence-corrected chi connectivity index (χ3v) is 2.55. The Balaban J connectivity index is 2.58. The van der Waals surface area contributed by atoms with E-state index < -0.39 is 29.2 Å². The van der Waals surface area contributed by atoms with Crippen molar-refractivity contribution in [3.8, 4) is 0 Å². The molecule has 0 aliphatic carbocycles. The lowest BCUT2D eigenvalue weighted by Crippen LogP contribution is -2.55. The van der Waals surface area contributed by atoms with Gasteiger partial charge in [-0.25, -0.2) is 9.59 Å². The van der Waals surface area contributed by atoms with Gasteiger partial charge in [0.15, 0.2) is 0 Å². The molecule has 1 heterocycles. The van der Waals surface area contributed by atoms with Gasteiger partial charge in [0.1, 0.15) is 11.1 Å². The molecule has 1 unspecified atom stereocenters. The third-order valence-electron chi connectivity index (χ3n) is 2.55. The summed E-state index contributed by atoms with van der Waals surface area (Å²) < 4.78 is 5.05. The normalized spacial score (nSPS) is 23.3. The van der Waals surface area contributed by atoms with E-state index in [1.807, 2.05) is 0 Å². The number of nitrogens with one attached hydrogen (secondary N) is 3. The summed E-state index contributed by atoms with van der Waals surface area (Å²) >= 11 is 0. The van der Waals surface area contributed by atoms with E-state index in [0.717, 1.165) is 0 Å². The van der Waals surface area contributed by atoms with Crippen molar-refractivity contribution in [1.82, 2.24) is 16.0 Å². The number of hydrogen-bond donors (Lipinski definition) is 3. The van der Waals surface area contributed by atoms with Gasteiger partial charge < -0.3 is 15.4 Å². The van der Waals surface area contributed by atoms with Crippen molar-refractivity contribution in [2.45, 2.75) is 45.3 Å². The second-order valence-corrected chi connectivity index (χ2v) is 5.20. The number of amides is 4. The highest BCUT2D eigenvalue weighted by atomic mass is 16.6. The molecule has 1 rings (SSSR count). The van der Waals surface area contributed by atoms with Crippen molar-refractivity contribution in [2.75, 3.05) is 6.54 Å². The Hall–Kier alpha value is -1.79. The zero-order valence-corrected chi connectivity index (χ0v) is 11.0. The van der Waals surface area contributed by atoms with Crippen LogP contribution in [0.4, 0.5) is 9.59 Å². The van der Waals surface area contributed by atoms with Crippen LogP contribution >= 0.6 is 0 Å². The molecule has 18 heavy (non-hydrogen) atoms. The quantitative estimate of drug-likeness (QED) is 0.641. The fourth-order valence-corrected chi connectivity index (χ4v) is 1.56. The van der Waals surface area contributed by atoms with E-state index in [9.17, 15) is 14.4 Å². The molecule has 1 saturated heterocycles. The number of ether oxygens (including phenoxy) is 1. The molecule has 0 radical (unpaired) electrons. The molecule has 1 aliphatic rings. The summed E-state index contributed by atoms with van der Waals surface area (Å²) in [6.07, 6.45) is -0.246. The molecule has 1 aliphatic heterocycles. The maximum absolute atomic E-state index is 11.6. The molecule has 0 saturated carbocycles. The molecule has 0 aromatic carbocycles. The van der Waals surface area contributed by atoms with E-state index in [2.05, 4.69) is 16.0 Å². The third kappa shape index (κ3) is 3.35. The van der Waals surface area contributed by atoms with E-state index in [1.54, 1.807) is 27.7 Å². The molecule has 0 spiro atoms.